The van der Waals surface area contributed by atoms with E-state index in [1.54, 1.807) is 7.11 Å². The summed E-state index contributed by atoms with van der Waals surface area (Å²) in [6, 6.07) is 24.6. The maximum absolute atomic E-state index is 13.6. The molecule has 1 aliphatic rings. The lowest BCUT2D eigenvalue weighted by molar-refractivity contribution is 0.0730. The smallest absolute Gasteiger partial charge is 0.273 e. The summed E-state index contributed by atoms with van der Waals surface area (Å²) in [5, 5.41) is 7.62. The van der Waals surface area contributed by atoms with Gasteiger partial charge in [-0.2, -0.15) is 5.10 Å². The molecule has 1 N–H and O–H groups in total. The van der Waals surface area contributed by atoms with Gasteiger partial charge in [-0.25, -0.2) is 0 Å². The van der Waals surface area contributed by atoms with Crippen LogP contribution in [0.5, 0.6) is 5.75 Å². The third-order valence-electron chi connectivity index (χ3n) is 6.62. The molecule has 1 atom stereocenters. The molecule has 0 spiro atoms. The summed E-state index contributed by atoms with van der Waals surface area (Å²) in [5.74, 6) is 1.21. The number of aryl methyl sites for hydroxylation is 1. The van der Waals surface area contributed by atoms with Gasteiger partial charge in [0, 0.05) is 17.7 Å². The second-order valence-corrected chi connectivity index (χ2v) is 9.23. The van der Waals surface area contributed by atoms with E-state index in [1.807, 2.05) is 29.2 Å². The number of nitrogens with one attached hydrogen (secondary N) is 1. The van der Waals surface area contributed by atoms with Crippen molar-refractivity contribution in [2.45, 2.75) is 39.3 Å². The molecule has 2 heterocycles. The molecule has 0 aliphatic carbocycles. The molecule has 1 aromatic heterocycles. The molecule has 0 radical (unpaired) electrons. The Balaban J connectivity index is 1.61. The molecule has 34 heavy (non-hydrogen) atoms. The van der Waals surface area contributed by atoms with E-state index in [0.717, 1.165) is 33.7 Å². The summed E-state index contributed by atoms with van der Waals surface area (Å²) in [4.78, 5) is 15.6. The Bertz CT molecular complexity index is 1300. The lowest BCUT2D eigenvalue weighted by Crippen LogP contribution is -2.29. The van der Waals surface area contributed by atoms with Crippen molar-refractivity contribution in [3.05, 3.63) is 106 Å². The average molecular weight is 452 g/mol. The van der Waals surface area contributed by atoms with Crippen molar-refractivity contribution in [1.29, 1.82) is 0 Å². The first-order chi connectivity index (χ1) is 16.5. The highest BCUT2D eigenvalue weighted by atomic mass is 16.5. The van der Waals surface area contributed by atoms with Crippen molar-refractivity contribution in [1.82, 2.24) is 15.1 Å². The SMILES string of the molecule is COc1ccc(-c2n[nH]c3c2C(c2ccc(C(C)C)cc2)N(Cc2ccc(C)cc2)C3=O)cc1. The predicted octanol–water partition coefficient (Wildman–Crippen LogP) is 6.26. The number of amides is 1. The van der Waals surface area contributed by atoms with Crippen molar-refractivity contribution in [3.63, 3.8) is 0 Å². The summed E-state index contributed by atoms with van der Waals surface area (Å²) >= 11 is 0. The number of carbonyl (C=O) groups excluding carboxylic acids is 1. The van der Waals surface area contributed by atoms with Crippen molar-refractivity contribution in [3.8, 4) is 17.0 Å². The highest BCUT2D eigenvalue weighted by molar-refractivity contribution is 6.00. The molecule has 1 amide bonds. The minimum absolute atomic E-state index is 0.0271. The Morgan fingerprint density at radius 3 is 2.26 bits per heavy atom. The molecule has 0 bridgehead atoms. The normalized spacial score (nSPS) is 15.1. The fourth-order valence-corrected chi connectivity index (χ4v) is 4.63. The molecule has 5 nitrogen and oxygen atoms in total. The van der Waals surface area contributed by atoms with Crippen LogP contribution in [-0.2, 0) is 6.54 Å². The maximum atomic E-state index is 13.6. The zero-order valence-corrected chi connectivity index (χ0v) is 20.0. The number of hydrogen-bond acceptors (Lipinski definition) is 3. The van der Waals surface area contributed by atoms with Crippen LogP contribution in [0.4, 0.5) is 0 Å². The van der Waals surface area contributed by atoms with Gasteiger partial charge in [-0.3, -0.25) is 9.89 Å². The number of benzene rings is 3. The Labute approximate surface area is 200 Å². The van der Waals surface area contributed by atoms with E-state index < -0.39 is 0 Å². The molecule has 4 aromatic rings. The Hall–Kier alpha value is -3.86. The van der Waals surface area contributed by atoms with E-state index >= 15 is 0 Å². The van der Waals surface area contributed by atoms with Crippen molar-refractivity contribution >= 4 is 5.91 Å². The summed E-state index contributed by atoms with van der Waals surface area (Å²) in [6.45, 7) is 6.98. The molecule has 5 rings (SSSR count). The lowest BCUT2D eigenvalue weighted by Gasteiger charge is -2.27. The van der Waals surface area contributed by atoms with Crippen LogP contribution in [-0.4, -0.2) is 28.1 Å². The minimum Gasteiger partial charge on any atom is -0.497 e. The number of H-pyrrole nitrogens is 1. The van der Waals surface area contributed by atoms with Crippen molar-refractivity contribution < 1.29 is 9.53 Å². The zero-order valence-electron chi connectivity index (χ0n) is 20.0. The molecule has 172 valence electrons. The molecular weight excluding hydrogens is 422 g/mol. The highest BCUT2D eigenvalue weighted by Gasteiger charge is 2.42. The average Bonchev–Trinajstić information content (AvgIpc) is 3.40. The number of fused-ring (bicyclic) bond motifs is 1. The summed E-state index contributed by atoms with van der Waals surface area (Å²) in [6.07, 6.45) is 0. The molecule has 5 heteroatoms. The standard InChI is InChI=1S/C29H29N3O2/c1-18(2)21-9-11-23(12-10-21)28-25-26(22-13-15-24(34-4)16-14-22)30-31-27(25)29(33)32(28)17-20-7-5-19(3)6-8-20/h5-16,18,28H,17H2,1-4H3,(H,30,31). The van der Waals surface area contributed by atoms with E-state index in [-0.39, 0.29) is 11.9 Å². The van der Waals surface area contributed by atoms with E-state index in [9.17, 15) is 4.79 Å². The molecule has 1 unspecified atom stereocenters. The summed E-state index contributed by atoms with van der Waals surface area (Å²) < 4.78 is 5.32. The first-order valence-electron chi connectivity index (χ1n) is 11.7. The van der Waals surface area contributed by atoms with Gasteiger partial charge < -0.3 is 9.64 Å². The van der Waals surface area contributed by atoms with Crippen LogP contribution in [0.25, 0.3) is 11.3 Å². The number of aromatic nitrogens is 2. The van der Waals surface area contributed by atoms with Crippen LogP contribution < -0.4 is 4.74 Å². The summed E-state index contributed by atoms with van der Waals surface area (Å²) in [7, 11) is 1.65. The van der Waals surface area contributed by atoms with E-state index in [1.165, 1.54) is 11.1 Å². The van der Waals surface area contributed by atoms with E-state index in [2.05, 4.69) is 79.5 Å². The maximum Gasteiger partial charge on any atom is 0.273 e. The largest absolute Gasteiger partial charge is 0.497 e. The second kappa shape index (κ2) is 8.82. The minimum atomic E-state index is -0.221. The third-order valence-corrected chi connectivity index (χ3v) is 6.62. The Morgan fingerprint density at radius 1 is 0.971 bits per heavy atom. The molecule has 0 fully saturated rings. The van der Waals surface area contributed by atoms with Crippen LogP contribution >= 0.6 is 0 Å². The highest BCUT2D eigenvalue weighted by Crippen LogP contribution is 2.43. The van der Waals surface area contributed by atoms with Gasteiger partial charge in [0.2, 0.25) is 0 Å². The van der Waals surface area contributed by atoms with Crippen molar-refractivity contribution in [2.75, 3.05) is 7.11 Å². The third kappa shape index (κ3) is 3.87. The van der Waals surface area contributed by atoms with Crippen LogP contribution in [0, 0.1) is 6.92 Å². The number of aromatic amines is 1. The number of carbonyl (C=O) groups is 1. The fourth-order valence-electron chi connectivity index (χ4n) is 4.63. The van der Waals surface area contributed by atoms with E-state index in [0.29, 0.717) is 18.2 Å². The molecule has 0 saturated heterocycles. The van der Waals surface area contributed by atoms with Gasteiger partial charge in [-0.05, 0) is 53.8 Å². The van der Waals surface area contributed by atoms with Gasteiger partial charge in [0.1, 0.15) is 11.4 Å². The summed E-state index contributed by atoms with van der Waals surface area (Å²) in [5.41, 5.74) is 7.92. The quantitative estimate of drug-likeness (QED) is 0.376. The first kappa shape index (κ1) is 22.0. The second-order valence-electron chi connectivity index (χ2n) is 9.23. The zero-order chi connectivity index (χ0) is 23.8. The van der Waals surface area contributed by atoms with Gasteiger partial charge >= 0.3 is 0 Å². The topological polar surface area (TPSA) is 58.2 Å². The molecule has 1 aliphatic heterocycles. The monoisotopic (exact) mass is 451 g/mol. The molecular formula is C29H29N3O2. The number of hydrogen-bond donors (Lipinski definition) is 1. The van der Waals surface area contributed by atoms with Crippen LogP contribution in [0.3, 0.4) is 0 Å². The van der Waals surface area contributed by atoms with Crippen LogP contribution in [0.2, 0.25) is 0 Å². The molecule has 0 saturated carbocycles. The molecule has 3 aromatic carbocycles. The lowest BCUT2D eigenvalue weighted by atomic mass is 9.93. The van der Waals surface area contributed by atoms with Gasteiger partial charge in [0.05, 0.1) is 18.8 Å². The van der Waals surface area contributed by atoms with Crippen LogP contribution in [0.1, 0.15) is 64.1 Å². The number of nitrogens with zero attached hydrogens (tertiary/aromatic N) is 2. The van der Waals surface area contributed by atoms with Gasteiger partial charge in [0.15, 0.2) is 0 Å². The van der Waals surface area contributed by atoms with Crippen LogP contribution in [0.15, 0.2) is 72.8 Å². The van der Waals surface area contributed by atoms with E-state index in [4.69, 9.17) is 4.74 Å². The number of methoxy groups -OCH3 is 1. The van der Waals surface area contributed by atoms with Gasteiger partial charge in [-0.1, -0.05) is 67.9 Å². The number of rotatable bonds is 6. The predicted molar refractivity (Wildman–Crippen MR) is 134 cm³/mol. The number of ether oxygens (including phenoxy) is 1. The van der Waals surface area contributed by atoms with Gasteiger partial charge in [-0.15, -0.1) is 0 Å². The van der Waals surface area contributed by atoms with Crippen molar-refractivity contribution in [2.24, 2.45) is 0 Å². The fraction of sp³-hybridized carbons (Fsp3) is 0.241. The van der Waals surface area contributed by atoms with Gasteiger partial charge in [0.25, 0.3) is 5.91 Å². The first-order valence-corrected chi connectivity index (χ1v) is 11.7. The Morgan fingerprint density at radius 2 is 1.65 bits per heavy atom. The Kier molecular flexibility index (Phi) is 5.70.